The summed E-state index contributed by atoms with van der Waals surface area (Å²) in [5.74, 6) is 2.12. The van der Waals surface area contributed by atoms with Gasteiger partial charge in [0, 0.05) is 29.2 Å². The second-order valence-electron chi connectivity index (χ2n) is 5.11. The van der Waals surface area contributed by atoms with Gasteiger partial charge < -0.3 is 14.8 Å². The van der Waals surface area contributed by atoms with Gasteiger partial charge in [-0.25, -0.2) is 0 Å². The zero-order valence-corrected chi connectivity index (χ0v) is 15.0. The number of nitrogens with zero attached hydrogens (tertiary/aromatic N) is 1. The highest BCUT2D eigenvalue weighted by Crippen LogP contribution is 2.35. The summed E-state index contributed by atoms with van der Waals surface area (Å²) in [5.41, 5.74) is 2.18. The summed E-state index contributed by atoms with van der Waals surface area (Å²) in [6.45, 7) is 0. The van der Waals surface area contributed by atoms with Gasteiger partial charge in [-0.15, -0.1) is 0 Å². The van der Waals surface area contributed by atoms with E-state index in [1.54, 1.807) is 62.6 Å². The van der Waals surface area contributed by atoms with Gasteiger partial charge in [-0.3, -0.25) is 9.78 Å². The predicted octanol–water partition coefficient (Wildman–Crippen LogP) is 3.65. The first-order chi connectivity index (χ1) is 11.7. The number of ether oxygens (including phenoxy) is 2. The summed E-state index contributed by atoms with van der Waals surface area (Å²) in [7, 11) is 3.20. The van der Waals surface area contributed by atoms with Gasteiger partial charge in [0.2, 0.25) is 0 Å². The molecule has 2 aromatic rings. The topological polar surface area (TPSA) is 60.5 Å². The normalized spacial score (nSPS) is 10.3. The Bertz CT molecular complexity index is 677. The third kappa shape index (κ3) is 4.41. The Morgan fingerprint density at radius 3 is 2.54 bits per heavy atom. The maximum atomic E-state index is 12.7. The van der Waals surface area contributed by atoms with Crippen LogP contribution in [0.15, 0.2) is 36.7 Å². The predicted molar refractivity (Wildman–Crippen MR) is 98.4 cm³/mol. The Hall–Kier alpha value is -2.21. The lowest BCUT2D eigenvalue weighted by atomic mass is 10.0. The fourth-order valence-electron chi connectivity index (χ4n) is 2.48. The highest BCUT2D eigenvalue weighted by Gasteiger charge is 2.19. The van der Waals surface area contributed by atoms with Crippen LogP contribution in [0.4, 0.5) is 5.69 Å². The average molecular weight is 346 g/mol. The molecule has 1 aromatic heterocycles. The zero-order valence-electron chi connectivity index (χ0n) is 14.2. The van der Waals surface area contributed by atoms with E-state index in [-0.39, 0.29) is 5.91 Å². The monoisotopic (exact) mass is 346 g/mol. The molecule has 24 heavy (non-hydrogen) atoms. The SMILES string of the molecule is COc1ccc(C(=O)Nc2ccncc2)c(CCCSC)c1OC. The van der Waals surface area contributed by atoms with Crippen molar-refractivity contribution in [2.24, 2.45) is 0 Å². The minimum Gasteiger partial charge on any atom is -0.493 e. The van der Waals surface area contributed by atoms with E-state index in [0.29, 0.717) is 22.7 Å². The van der Waals surface area contributed by atoms with E-state index >= 15 is 0 Å². The largest absolute Gasteiger partial charge is 0.493 e. The lowest BCUT2D eigenvalue weighted by Gasteiger charge is -2.17. The average Bonchev–Trinajstić information content (AvgIpc) is 2.62. The van der Waals surface area contributed by atoms with Crippen molar-refractivity contribution in [2.75, 3.05) is 31.5 Å². The summed E-state index contributed by atoms with van der Waals surface area (Å²) in [6, 6.07) is 7.06. The highest BCUT2D eigenvalue weighted by atomic mass is 32.2. The molecule has 1 N–H and O–H groups in total. The minimum absolute atomic E-state index is 0.165. The molecule has 0 atom stereocenters. The van der Waals surface area contributed by atoms with Crippen molar-refractivity contribution < 1.29 is 14.3 Å². The number of hydrogen-bond donors (Lipinski definition) is 1. The molecule has 0 bridgehead atoms. The van der Waals surface area contributed by atoms with Crippen molar-refractivity contribution in [1.82, 2.24) is 4.98 Å². The minimum atomic E-state index is -0.165. The fourth-order valence-corrected chi connectivity index (χ4v) is 2.91. The standard InChI is InChI=1S/C18H22N2O3S/c1-22-16-7-6-15(14(17(16)23-2)5-4-12-24-3)18(21)20-13-8-10-19-11-9-13/h6-11H,4-5,12H2,1-3H3,(H,19,20,21). The number of benzene rings is 1. The van der Waals surface area contributed by atoms with Gasteiger partial charge in [-0.05, 0) is 49.1 Å². The molecular formula is C18H22N2O3S. The molecule has 0 radical (unpaired) electrons. The van der Waals surface area contributed by atoms with Gasteiger partial charge in [0.05, 0.1) is 14.2 Å². The summed E-state index contributed by atoms with van der Waals surface area (Å²) in [4.78, 5) is 16.7. The Morgan fingerprint density at radius 2 is 1.92 bits per heavy atom. The first kappa shape index (κ1) is 18.1. The van der Waals surface area contributed by atoms with Gasteiger partial charge in [-0.1, -0.05) is 0 Å². The smallest absolute Gasteiger partial charge is 0.256 e. The van der Waals surface area contributed by atoms with E-state index in [1.807, 2.05) is 0 Å². The zero-order chi connectivity index (χ0) is 17.4. The third-order valence-corrected chi connectivity index (χ3v) is 4.30. The van der Waals surface area contributed by atoms with Crippen LogP contribution in [0.25, 0.3) is 0 Å². The fraction of sp³-hybridized carbons (Fsp3) is 0.333. The van der Waals surface area contributed by atoms with E-state index in [0.717, 1.165) is 24.2 Å². The van der Waals surface area contributed by atoms with Crippen molar-refractivity contribution in [2.45, 2.75) is 12.8 Å². The van der Waals surface area contributed by atoms with Crippen LogP contribution in [0.2, 0.25) is 0 Å². The van der Waals surface area contributed by atoms with Gasteiger partial charge in [-0.2, -0.15) is 11.8 Å². The number of thioether (sulfide) groups is 1. The number of carbonyl (C=O) groups is 1. The van der Waals surface area contributed by atoms with Crippen LogP contribution in [0.3, 0.4) is 0 Å². The molecule has 0 saturated heterocycles. The molecule has 1 heterocycles. The summed E-state index contributed by atoms with van der Waals surface area (Å²) in [6.07, 6.45) is 7.06. The van der Waals surface area contributed by atoms with Gasteiger partial charge in [0.15, 0.2) is 11.5 Å². The van der Waals surface area contributed by atoms with Crippen LogP contribution in [-0.2, 0) is 6.42 Å². The third-order valence-electron chi connectivity index (χ3n) is 3.61. The van der Waals surface area contributed by atoms with Crippen LogP contribution in [0, 0.1) is 0 Å². The lowest BCUT2D eigenvalue weighted by molar-refractivity contribution is 0.102. The van der Waals surface area contributed by atoms with Crippen LogP contribution >= 0.6 is 11.8 Å². The number of anilines is 1. The number of aromatic nitrogens is 1. The van der Waals surface area contributed by atoms with E-state index in [4.69, 9.17) is 9.47 Å². The van der Waals surface area contributed by atoms with Crippen LogP contribution < -0.4 is 14.8 Å². The molecule has 0 aliphatic heterocycles. The van der Waals surface area contributed by atoms with Crippen LogP contribution in [0.1, 0.15) is 22.3 Å². The molecule has 0 fully saturated rings. The van der Waals surface area contributed by atoms with Crippen LogP contribution in [-0.4, -0.2) is 37.1 Å². The first-order valence-electron chi connectivity index (χ1n) is 7.65. The molecular weight excluding hydrogens is 324 g/mol. The van der Waals surface area contributed by atoms with E-state index in [1.165, 1.54) is 0 Å². The number of carbonyl (C=O) groups excluding carboxylic acids is 1. The molecule has 0 unspecified atom stereocenters. The lowest BCUT2D eigenvalue weighted by Crippen LogP contribution is -2.15. The molecule has 128 valence electrons. The molecule has 0 spiro atoms. The molecule has 1 amide bonds. The number of pyridine rings is 1. The van der Waals surface area contributed by atoms with Crippen molar-refractivity contribution in [3.63, 3.8) is 0 Å². The Morgan fingerprint density at radius 1 is 1.17 bits per heavy atom. The number of methoxy groups -OCH3 is 2. The van der Waals surface area contributed by atoms with E-state index in [9.17, 15) is 4.79 Å². The van der Waals surface area contributed by atoms with Gasteiger partial charge in [0.25, 0.3) is 5.91 Å². The molecule has 6 heteroatoms. The molecule has 1 aromatic carbocycles. The number of nitrogens with one attached hydrogen (secondary N) is 1. The molecule has 2 rings (SSSR count). The molecule has 0 saturated carbocycles. The summed E-state index contributed by atoms with van der Waals surface area (Å²) in [5, 5.41) is 2.90. The second kappa shape index (κ2) is 9.17. The van der Waals surface area contributed by atoms with Gasteiger partial charge >= 0.3 is 0 Å². The second-order valence-corrected chi connectivity index (χ2v) is 6.10. The van der Waals surface area contributed by atoms with Crippen LogP contribution in [0.5, 0.6) is 11.5 Å². The Labute approximate surface area is 146 Å². The Kier molecular flexibility index (Phi) is 6.93. The molecule has 0 aliphatic rings. The number of hydrogen-bond acceptors (Lipinski definition) is 5. The quantitative estimate of drug-likeness (QED) is 0.739. The maximum absolute atomic E-state index is 12.7. The number of rotatable bonds is 8. The summed E-state index contributed by atoms with van der Waals surface area (Å²) < 4.78 is 10.9. The van der Waals surface area contributed by atoms with Crippen molar-refractivity contribution >= 4 is 23.4 Å². The Balaban J connectivity index is 2.34. The van der Waals surface area contributed by atoms with E-state index < -0.39 is 0 Å². The molecule has 5 nitrogen and oxygen atoms in total. The molecule has 0 aliphatic carbocycles. The van der Waals surface area contributed by atoms with Crippen molar-refractivity contribution in [1.29, 1.82) is 0 Å². The highest BCUT2D eigenvalue weighted by molar-refractivity contribution is 7.98. The van der Waals surface area contributed by atoms with E-state index in [2.05, 4.69) is 16.6 Å². The number of amides is 1. The summed E-state index contributed by atoms with van der Waals surface area (Å²) >= 11 is 1.78. The maximum Gasteiger partial charge on any atom is 0.256 e. The van der Waals surface area contributed by atoms with Crippen molar-refractivity contribution in [3.8, 4) is 11.5 Å². The first-order valence-corrected chi connectivity index (χ1v) is 9.04. The van der Waals surface area contributed by atoms with Crippen molar-refractivity contribution in [3.05, 3.63) is 47.8 Å². The van der Waals surface area contributed by atoms with Gasteiger partial charge in [0.1, 0.15) is 0 Å².